The summed E-state index contributed by atoms with van der Waals surface area (Å²) in [6, 6.07) is 0. The van der Waals surface area contributed by atoms with E-state index >= 15 is 0 Å². The normalized spacial score (nSPS) is 47.1. The molecule has 10 atom stereocenters. The first-order valence-corrected chi connectivity index (χ1v) is 13.9. The van der Waals surface area contributed by atoms with Gasteiger partial charge in [-0.15, -0.1) is 0 Å². The van der Waals surface area contributed by atoms with E-state index in [4.69, 9.17) is 4.74 Å². The number of hydrogen-bond acceptors (Lipinski definition) is 4. The SMILES string of the molecule is CC(C)C(CC[C@@H](C)CO)OC1CC2(C)C(=O)CC3C(CCC4CC(O)CCC43C)C2(C)C1. The molecule has 4 aliphatic carbocycles. The summed E-state index contributed by atoms with van der Waals surface area (Å²) in [6.45, 7) is 13.9. The first kappa shape index (κ1) is 25.6. The third-order valence-electron chi connectivity index (χ3n) is 11.4. The molecule has 0 aliphatic heterocycles. The molecule has 0 aromatic rings. The number of Topliss-reactive ketones (excluding diaryl/α,β-unsaturated/α-hetero) is 1. The summed E-state index contributed by atoms with van der Waals surface area (Å²) < 4.78 is 6.80. The van der Waals surface area contributed by atoms with Crippen LogP contribution >= 0.6 is 0 Å². The zero-order valence-electron chi connectivity index (χ0n) is 22.1. The van der Waals surface area contributed by atoms with Gasteiger partial charge in [0, 0.05) is 18.4 Å². The van der Waals surface area contributed by atoms with E-state index in [0.29, 0.717) is 35.4 Å². The van der Waals surface area contributed by atoms with E-state index < -0.39 is 0 Å². The van der Waals surface area contributed by atoms with E-state index in [2.05, 4.69) is 41.5 Å². The van der Waals surface area contributed by atoms with Crippen LogP contribution in [-0.4, -0.2) is 40.9 Å². The van der Waals surface area contributed by atoms with Crippen molar-refractivity contribution in [2.24, 2.45) is 45.8 Å². The Morgan fingerprint density at radius 2 is 1.76 bits per heavy atom. The van der Waals surface area contributed by atoms with Crippen molar-refractivity contribution in [1.29, 1.82) is 0 Å². The molecule has 0 saturated heterocycles. The maximum atomic E-state index is 13.8. The van der Waals surface area contributed by atoms with Gasteiger partial charge in [-0.1, -0.05) is 41.5 Å². The fourth-order valence-corrected chi connectivity index (χ4v) is 8.83. The zero-order chi connectivity index (χ0) is 24.2. The van der Waals surface area contributed by atoms with Crippen molar-refractivity contribution in [3.8, 4) is 0 Å². The van der Waals surface area contributed by atoms with E-state index in [9.17, 15) is 15.0 Å². The average molecular weight is 463 g/mol. The third-order valence-corrected chi connectivity index (χ3v) is 11.4. The summed E-state index contributed by atoms with van der Waals surface area (Å²) in [5.74, 6) is 2.82. The highest BCUT2D eigenvalue weighted by molar-refractivity contribution is 5.87. The second kappa shape index (κ2) is 9.21. The van der Waals surface area contributed by atoms with Gasteiger partial charge in [0.15, 0.2) is 0 Å². The lowest BCUT2D eigenvalue weighted by Gasteiger charge is -2.63. The molecule has 0 spiro atoms. The van der Waals surface area contributed by atoms with Crippen LogP contribution in [0.25, 0.3) is 0 Å². The van der Waals surface area contributed by atoms with Gasteiger partial charge in [0.25, 0.3) is 0 Å². The van der Waals surface area contributed by atoms with Crippen molar-refractivity contribution < 1.29 is 19.7 Å². The lowest BCUT2D eigenvalue weighted by Crippen LogP contribution is -2.59. The fraction of sp³-hybridized carbons (Fsp3) is 0.966. The Labute approximate surface area is 202 Å². The minimum Gasteiger partial charge on any atom is -0.396 e. The first-order valence-electron chi connectivity index (χ1n) is 13.9. The van der Waals surface area contributed by atoms with Crippen molar-refractivity contribution in [2.75, 3.05) is 6.61 Å². The van der Waals surface area contributed by atoms with Gasteiger partial charge >= 0.3 is 0 Å². The summed E-state index contributed by atoms with van der Waals surface area (Å²) in [7, 11) is 0. The first-order chi connectivity index (χ1) is 15.4. The van der Waals surface area contributed by atoms with E-state index in [1.165, 1.54) is 12.8 Å². The van der Waals surface area contributed by atoms with Crippen LogP contribution < -0.4 is 0 Å². The molecule has 190 valence electrons. The van der Waals surface area contributed by atoms with Crippen LogP contribution in [-0.2, 0) is 9.53 Å². The minimum absolute atomic E-state index is 0.00162. The highest BCUT2D eigenvalue weighted by atomic mass is 16.5. The second-order valence-corrected chi connectivity index (χ2v) is 13.6. The fourth-order valence-electron chi connectivity index (χ4n) is 8.83. The number of hydrogen-bond donors (Lipinski definition) is 2. The highest BCUT2D eigenvalue weighted by Gasteiger charge is 2.68. The molecule has 9 unspecified atom stereocenters. The summed E-state index contributed by atoms with van der Waals surface area (Å²) >= 11 is 0. The maximum absolute atomic E-state index is 13.8. The van der Waals surface area contributed by atoms with Crippen molar-refractivity contribution in [2.45, 2.75) is 124 Å². The van der Waals surface area contributed by atoms with Crippen molar-refractivity contribution in [3.05, 3.63) is 0 Å². The summed E-state index contributed by atoms with van der Waals surface area (Å²) in [6.07, 6.45) is 10.0. The number of rotatable bonds is 7. The molecule has 4 saturated carbocycles. The molecule has 0 bridgehead atoms. The predicted octanol–water partition coefficient (Wildman–Crippen LogP) is 5.78. The number of carbonyl (C=O) groups is 1. The Morgan fingerprint density at radius 1 is 1.03 bits per heavy atom. The van der Waals surface area contributed by atoms with Gasteiger partial charge in [-0.25, -0.2) is 0 Å². The van der Waals surface area contributed by atoms with E-state index in [1.54, 1.807) is 0 Å². The van der Waals surface area contributed by atoms with Gasteiger partial charge in [-0.05, 0) is 98.2 Å². The molecule has 4 aliphatic rings. The van der Waals surface area contributed by atoms with E-state index in [0.717, 1.165) is 51.4 Å². The highest BCUT2D eigenvalue weighted by Crippen LogP contribution is 2.70. The average Bonchev–Trinajstić information content (AvgIpc) is 3.03. The Bertz CT molecular complexity index is 720. The summed E-state index contributed by atoms with van der Waals surface area (Å²) in [5, 5.41) is 19.8. The number of aliphatic hydroxyl groups is 2. The molecule has 4 nitrogen and oxygen atoms in total. The van der Waals surface area contributed by atoms with Gasteiger partial charge in [-0.2, -0.15) is 0 Å². The monoisotopic (exact) mass is 462 g/mol. The molecule has 0 aromatic carbocycles. The van der Waals surface area contributed by atoms with Crippen LogP contribution in [0.5, 0.6) is 0 Å². The Hall–Kier alpha value is -0.450. The van der Waals surface area contributed by atoms with Gasteiger partial charge in [-0.3, -0.25) is 4.79 Å². The van der Waals surface area contributed by atoms with Crippen LogP contribution in [0.1, 0.15) is 106 Å². The lowest BCUT2D eigenvalue weighted by atomic mass is 9.41. The molecule has 0 amide bonds. The van der Waals surface area contributed by atoms with Crippen LogP contribution in [0.15, 0.2) is 0 Å². The van der Waals surface area contributed by atoms with Gasteiger partial charge in [0.1, 0.15) is 5.78 Å². The minimum atomic E-state index is -0.282. The molecule has 2 N–H and O–H groups in total. The quantitative estimate of drug-likeness (QED) is 0.503. The molecule has 4 rings (SSSR count). The van der Waals surface area contributed by atoms with Gasteiger partial charge < -0.3 is 14.9 Å². The standard InChI is InChI=1S/C29H50O4/c1-18(2)25(10-7-19(3)17-30)33-22-15-28(5)23-9-8-20-13-21(31)11-12-27(20,4)24(23)14-26(32)29(28,6)16-22/h18-25,30-31H,7-17H2,1-6H3/t19-,20?,21?,22?,23?,24?,25?,27?,28?,29?/m1/s1. The van der Waals surface area contributed by atoms with Crippen molar-refractivity contribution >= 4 is 5.78 Å². The van der Waals surface area contributed by atoms with Gasteiger partial charge in [0.2, 0.25) is 0 Å². The second-order valence-electron chi connectivity index (χ2n) is 13.6. The molecule has 0 aromatic heterocycles. The summed E-state index contributed by atoms with van der Waals surface area (Å²) in [5.41, 5.74) is -0.0836. The molecule has 4 fully saturated rings. The van der Waals surface area contributed by atoms with Crippen molar-refractivity contribution in [1.82, 2.24) is 0 Å². The molecular formula is C29H50O4. The Morgan fingerprint density at radius 3 is 2.42 bits per heavy atom. The molecule has 33 heavy (non-hydrogen) atoms. The van der Waals surface area contributed by atoms with Crippen LogP contribution in [0.3, 0.4) is 0 Å². The number of ketones is 1. The van der Waals surface area contributed by atoms with Crippen LogP contribution in [0.2, 0.25) is 0 Å². The summed E-state index contributed by atoms with van der Waals surface area (Å²) in [4.78, 5) is 13.8. The van der Waals surface area contributed by atoms with Crippen LogP contribution in [0, 0.1) is 45.8 Å². The largest absolute Gasteiger partial charge is 0.396 e. The number of aliphatic hydroxyl groups excluding tert-OH is 2. The number of fused-ring (bicyclic) bond motifs is 5. The van der Waals surface area contributed by atoms with Crippen LogP contribution in [0.4, 0.5) is 0 Å². The maximum Gasteiger partial charge on any atom is 0.139 e. The molecular weight excluding hydrogens is 412 g/mol. The van der Waals surface area contributed by atoms with E-state index in [-0.39, 0.29) is 41.2 Å². The molecule has 4 heteroatoms. The zero-order valence-corrected chi connectivity index (χ0v) is 22.1. The van der Waals surface area contributed by atoms with Crippen molar-refractivity contribution in [3.63, 3.8) is 0 Å². The third kappa shape index (κ3) is 4.25. The lowest BCUT2D eigenvalue weighted by molar-refractivity contribution is -0.172. The predicted molar refractivity (Wildman–Crippen MR) is 132 cm³/mol. The van der Waals surface area contributed by atoms with Gasteiger partial charge in [0.05, 0.1) is 18.3 Å². The number of ether oxygens (including phenoxy) is 1. The van der Waals surface area contributed by atoms with E-state index in [1.807, 2.05) is 0 Å². The molecule has 0 heterocycles. The Balaban J connectivity index is 1.54. The smallest absolute Gasteiger partial charge is 0.139 e. The topological polar surface area (TPSA) is 66.8 Å². The Kier molecular flexibility index (Phi) is 7.15. The number of carbonyl (C=O) groups excluding carboxylic acids is 1. The molecule has 0 radical (unpaired) electrons.